The quantitative estimate of drug-likeness (QED) is 0.0352. The minimum absolute atomic E-state index is 0.122. The van der Waals surface area contributed by atoms with Crippen molar-refractivity contribution in [1.29, 1.82) is 5.41 Å². The van der Waals surface area contributed by atoms with E-state index in [4.69, 9.17) is 14.9 Å². The first kappa shape index (κ1) is 44.5. The molecule has 0 radical (unpaired) electrons. The summed E-state index contributed by atoms with van der Waals surface area (Å²) in [4.78, 5) is 38.3. The summed E-state index contributed by atoms with van der Waals surface area (Å²) >= 11 is -5.22. The summed E-state index contributed by atoms with van der Waals surface area (Å²) in [6.07, 6.45) is 14.5. The summed E-state index contributed by atoms with van der Waals surface area (Å²) in [6, 6.07) is 15.9. The van der Waals surface area contributed by atoms with Gasteiger partial charge in [-0.25, -0.2) is 0 Å². The van der Waals surface area contributed by atoms with Crippen molar-refractivity contribution < 1.29 is 23.9 Å². The van der Waals surface area contributed by atoms with Crippen LogP contribution >= 0.6 is 0 Å². The van der Waals surface area contributed by atoms with E-state index in [0.29, 0.717) is 11.1 Å². The van der Waals surface area contributed by atoms with Gasteiger partial charge >= 0.3 is 315 Å². The number of ether oxygens (including phenoxy) is 2. The fourth-order valence-corrected chi connectivity index (χ4v) is 39.1. The third kappa shape index (κ3) is 14.4. The predicted octanol–water partition coefficient (Wildman–Crippen LogP) is 11.1. The van der Waals surface area contributed by atoms with Gasteiger partial charge in [-0.05, 0) is 0 Å². The van der Waals surface area contributed by atoms with Crippen molar-refractivity contribution in [2.45, 2.75) is 158 Å². The van der Waals surface area contributed by atoms with Crippen LogP contribution < -0.4 is 7.16 Å². The molecule has 6 nitrogen and oxygen atoms in total. The Labute approximate surface area is 312 Å². The van der Waals surface area contributed by atoms with Crippen molar-refractivity contribution in [3.63, 3.8) is 0 Å². The molecule has 0 heterocycles. The third-order valence-corrected chi connectivity index (χ3v) is 41.8. The first-order valence-electron chi connectivity index (χ1n) is 19.9. The van der Waals surface area contributed by atoms with Gasteiger partial charge in [-0.15, -0.1) is 0 Å². The topological polar surface area (TPSA) is 93.5 Å². The predicted molar refractivity (Wildman–Crippen MR) is 215 cm³/mol. The van der Waals surface area contributed by atoms with E-state index >= 15 is 0 Å². The summed E-state index contributed by atoms with van der Waals surface area (Å²) in [7, 11) is 0. The number of carbonyl (C=O) groups excluding carboxylic acids is 3. The van der Waals surface area contributed by atoms with E-state index in [2.05, 4.69) is 65.8 Å². The fraction of sp³-hybridized carbons (Fsp3) is 0.619. The van der Waals surface area contributed by atoms with E-state index in [1.54, 1.807) is 0 Å². The molecule has 50 heavy (non-hydrogen) atoms. The van der Waals surface area contributed by atoms with Gasteiger partial charge in [-0.1, -0.05) is 0 Å². The second-order valence-electron chi connectivity index (χ2n) is 14.4. The molecule has 0 fully saturated rings. The molecule has 2 rings (SSSR count). The van der Waals surface area contributed by atoms with Crippen LogP contribution in [0, 0.1) is 5.41 Å². The number of rotatable bonds is 25. The van der Waals surface area contributed by atoms with E-state index in [1.165, 1.54) is 111 Å². The molecular formula is C42H67NO5Sn2. The molecule has 0 amide bonds. The molecule has 1 N–H and O–H groups in total. The number of benzene rings is 2. The Balaban J connectivity index is 1.99. The minimum atomic E-state index is -2.62. The maximum atomic E-state index is 12.9. The second-order valence-corrected chi connectivity index (χ2v) is 40.9. The zero-order valence-corrected chi connectivity index (χ0v) is 38.0. The first-order chi connectivity index (χ1) is 24.1. The Morgan fingerprint density at radius 2 is 0.780 bits per heavy atom. The van der Waals surface area contributed by atoms with Crippen molar-refractivity contribution >= 4 is 67.7 Å². The number of hydrogen-bond acceptors (Lipinski definition) is 6. The van der Waals surface area contributed by atoms with Crippen molar-refractivity contribution in [2.75, 3.05) is 0 Å². The molecule has 278 valence electrons. The van der Waals surface area contributed by atoms with Gasteiger partial charge < -0.3 is 0 Å². The number of nitrogens with one attached hydrogen (secondary N) is 1. The van der Waals surface area contributed by atoms with Crippen LogP contribution in [0.15, 0.2) is 48.5 Å². The summed E-state index contributed by atoms with van der Waals surface area (Å²) in [5.41, 5.74) is 0.774. The average molecular weight is 903 g/mol. The van der Waals surface area contributed by atoms with E-state index < -0.39 is 54.7 Å². The Hall–Kier alpha value is -1.68. The Morgan fingerprint density at radius 3 is 1.08 bits per heavy atom. The maximum absolute atomic E-state index is 12.9. The molecule has 0 saturated heterocycles. The van der Waals surface area contributed by atoms with Crippen LogP contribution in [0.3, 0.4) is 0 Å². The summed E-state index contributed by atoms with van der Waals surface area (Å²) in [5, 5.41) is 8.18. The van der Waals surface area contributed by atoms with Gasteiger partial charge in [0.05, 0.1) is 0 Å². The van der Waals surface area contributed by atoms with Crippen LogP contribution in [0.5, 0.6) is 0 Å². The van der Waals surface area contributed by atoms with Gasteiger partial charge in [0.15, 0.2) is 0 Å². The van der Waals surface area contributed by atoms with Crippen LogP contribution in [-0.2, 0) is 14.3 Å². The zero-order chi connectivity index (χ0) is 36.8. The first-order valence-corrected chi connectivity index (χ1v) is 34.9. The molecule has 0 atom stereocenters. The standard InChI is InChI=1S/C18H13NO5.6C4H9.2Sn/c19-15(23-17(21)13-7-3-1-4-8-13)11-12-16(20)24-18(22)14-9-5-2-6-10-14;6*1-3-4-2;;/h3-10,19H,11-12H2;6*1,3-4H2,2H3;;. The number of carbonyl (C=O) groups is 3. The van der Waals surface area contributed by atoms with E-state index in [1.807, 2.05) is 24.3 Å². The van der Waals surface area contributed by atoms with Gasteiger partial charge in [0.2, 0.25) is 0 Å². The van der Waals surface area contributed by atoms with Crippen molar-refractivity contribution in [1.82, 2.24) is 0 Å². The zero-order valence-electron chi connectivity index (χ0n) is 32.3. The monoisotopic (exact) mass is 905 g/mol. The van der Waals surface area contributed by atoms with Crippen molar-refractivity contribution in [3.8, 4) is 0 Å². The Bertz CT molecular complexity index is 1160. The average Bonchev–Trinajstić information content (AvgIpc) is 3.14. The van der Waals surface area contributed by atoms with Crippen LogP contribution in [0.25, 0.3) is 0 Å². The Kier molecular flexibility index (Phi) is 21.8. The van der Waals surface area contributed by atoms with Crippen molar-refractivity contribution in [3.05, 3.63) is 59.7 Å². The number of unbranched alkanes of at least 4 members (excludes halogenated alkanes) is 6. The molecule has 2 aromatic rings. The van der Waals surface area contributed by atoms with E-state index in [0.717, 1.165) is 0 Å². The van der Waals surface area contributed by atoms with Gasteiger partial charge in [0.1, 0.15) is 0 Å². The van der Waals surface area contributed by atoms with Crippen LogP contribution in [0.4, 0.5) is 0 Å². The molecular weight excluding hydrogens is 836 g/mol. The van der Waals surface area contributed by atoms with E-state index in [9.17, 15) is 14.4 Å². The van der Waals surface area contributed by atoms with Crippen molar-refractivity contribution in [2.24, 2.45) is 0 Å². The molecule has 0 aliphatic heterocycles. The van der Waals surface area contributed by atoms with Gasteiger partial charge in [0, 0.05) is 0 Å². The molecule has 2 aromatic carbocycles. The van der Waals surface area contributed by atoms with Gasteiger partial charge in [-0.3, -0.25) is 0 Å². The molecule has 0 aliphatic carbocycles. The summed E-state index contributed by atoms with van der Waals surface area (Å²) in [6.45, 7) is 13.6. The molecule has 0 spiro atoms. The van der Waals surface area contributed by atoms with Crippen LogP contribution in [0.1, 0.15) is 152 Å². The second kappa shape index (κ2) is 24.5. The van der Waals surface area contributed by atoms with Gasteiger partial charge in [-0.2, -0.15) is 0 Å². The third-order valence-electron chi connectivity index (χ3n) is 10.5. The molecule has 8 heteroatoms. The Morgan fingerprint density at radius 1 is 0.480 bits per heavy atom. The van der Waals surface area contributed by atoms with Gasteiger partial charge in [0.25, 0.3) is 0 Å². The van der Waals surface area contributed by atoms with E-state index in [-0.39, 0.29) is 18.7 Å². The van der Waals surface area contributed by atoms with Crippen LogP contribution in [0.2, 0.25) is 26.6 Å². The molecule has 0 aliphatic rings. The SMILES string of the molecule is CCC[CH2][Sn]([CH2]CCC)([CH2]CCC)[c]1ccc(C(=O)OC(=N)CCC(=O)OC(=O)c2cc[c]([Sn]([CH2]CCC)([CH2]CCC)[CH2]CCC)cc2)cc1. The summed E-state index contributed by atoms with van der Waals surface area (Å²) < 4.78 is 21.5. The molecule has 0 bridgehead atoms. The number of esters is 3. The normalized spacial score (nSPS) is 11.7. The summed E-state index contributed by atoms with van der Waals surface area (Å²) in [5.74, 6) is -2.33. The fourth-order valence-electron chi connectivity index (χ4n) is 7.28. The molecule has 0 aromatic heterocycles. The number of hydrogen-bond donors (Lipinski definition) is 1. The molecule has 0 unspecified atom stereocenters. The molecule has 0 saturated carbocycles. The van der Waals surface area contributed by atoms with Crippen LogP contribution in [-0.4, -0.2) is 60.6 Å².